The highest BCUT2D eigenvalue weighted by Gasteiger charge is 2.22. The number of nitrogens with zero attached hydrogens (tertiary/aromatic N) is 3. The van der Waals surface area contributed by atoms with E-state index in [0.29, 0.717) is 9.64 Å². The molecule has 0 radical (unpaired) electrons. The van der Waals surface area contributed by atoms with Crippen molar-refractivity contribution in [3.8, 4) is 0 Å². The molecular weight excluding hydrogens is 174 g/mol. The van der Waals surface area contributed by atoms with Gasteiger partial charge in [-0.1, -0.05) is 11.6 Å². The van der Waals surface area contributed by atoms with Crippen LogP contribution in [0.5, 0.6) is 0 Å². The second-order valence-corrected chi connectivity index (χ2v) is 3.53. The Balaban J connectivity index is 3.10. The van der Waals surface area contributed by atoms with E-state index in [9.17, 15) is 0 Å². The van der Waals surface area contributed by atoms with Gasteiger partial charge in [0.25, 0.3) is 5.82 Å². The molecule has 0 N–H and O–H groups in total. The van der Waals surface area contributed by atoms with Gasteiger partial charge in [0.15, 0.2) is 0 Å². The van der Waals surface area contributed by atoms with E-state index >= 15 is 0 Å². The summed E-state index contributed by atoms with van der Waals surface area (Å²) in [7, 11) is 4.10. The fourth-order valence-corrected chi connectivity index (χ4v) is 1.20. The molecule has 0 amide bonds. The maximum Gasteiger partial charge on any atom is 0.265 e. The van der Waals surface area contributed by atoms with Gasteiger partial charge in [0.1, 0.15) is 0 Å². The van der Waals surface area contributed by atoms with Crippen LogP contribution in [0.25, 0.3) is 0 Å². The van der Waals surface area contributed by atoms with Crippen molar-refractivity contribution in [2.75, 3.05) is 20.6 Å². The van der Waals surface area contributed by atoms with Crippen molar-refractivity contribution in [2.45, 2.75) is 6.92 Å². The average molecular weight is 187 g/mol. The second kappa shape index (κ2) is 3.37. The first kappa shape index (κ1) is 9.42. The normalized spacial score (nSPS) is 11.7. The Labute approximate surface area is 77.6 Å². The van der Waals surface area contributed by atoms with Gasteiger partial charge in [-0.05, 0) is 6.92 Å². The topological polar surface area (TPSA) is 25.8 Å². The smallest absolute Gasteiger partial charge is 0.265 e. The van der Waals surface area contributed by atoms with Crippen molar-refractivity contribution in [3.63, 3.8) is 0 Å². The minimum absolute atomic E-state index is 0.490. The lowest BCUT2D eigenvalue weighted by Crippen LogP contribution is -2.41. The van der Waals surface area contributed by atoms with Crippen LogP contribution in [0, 0.1) is 0 Å². The molecule has 0 saturated carbocycles. The molecule has 1 aromatic heterocycles. The average Bonchev–Trinajstić information content (AvgIpc) is 2.05. The molecule has 1 heterocycles. The van der Waals surface area contributed by atoms with Crippen LogP contribution in [-0.4, -0.2) is 30.6 Å². The van der Waals surface area contributed by atoms with Crippen LogP contribution in [0.15, 0.2) is 12.4 Å². The molecule has 0 unspecified atom stereocenters. The molecule has 3 nitrogen and oxygen atoms in total. The SMILES string of the molecule is CC[N+](C)(C)c1nccnc1Cl. The number of rotatable bonds is 2. The quantitative estimate of drug-likeness (QED) is 0.658. The van der Waals surface area contributed by atoms with Gasteiger partial charge >= 0.3 is 0 Å². The van der Waals surface area contributed by atoms with Crippen LogP contribution in [0.1, 0.15) is 6.92 Å². The minimum Gasteiger partial charge on any atom is -0.277 e. The standard InChI is InChI=1S/C8H13ClN3/c1-4-12(2,3)8-7(9)10-5-6-11-8/h5-6H,4H2,1-3H3/q+1. The summed E-state index contributed by atoms with van der Waals surface area (Å²) in [5.74, 6) is 0.821. The van der Waals surface area contributed by atoms with E-state index in [1.54, 1.807) is 12.4 Å². The third-order valence-electron chi connectivity index (χ3n) is 2.00. The van der Waals surface area contributed by atoms with Gasteiger partial charge in [0.2, 0.25) is 5.15 Å². The van der Waals surface area contributed by atoms with E-state index in [1.807, 2.05) is 0 Å². The Morgan fingerprint density at radius 2 is 1.92 bits per heavy atom. The molecule has 0 aliphatic heterocycles. The third kappa shape index (κ3) is 1.73. The molecule has 0 bridgehead atoms. The molecular formula is C8H13ClN3+. The summed E-state index contributed by atoms with van der Waals surface area (Å²) in [5, 5.41) is 0.490. The molecule has 0 atom stereocenters. The molecule has 12 heavy (non-hydrogen) atoms. The van der Waals surface area contributed by atoms with Crippen LogP contribution in [-0.2, 0) is 0 Å². The Bertz CT molecular complexity index is 273. The van der Waals surface area contributed by atoms with Crippen molar-refractivity contribution < 1.29 is 0 Å². The van der Waals surface area contributed by atoms with E-state index < -0.39 is 0 Å². The maximum atomic E-state index is 5.90. The lowest BCUT2D eigenvalue weighted by Gasteiger charge is -2.25. The molecule has 4 heteroatoms. The third-order valence-corrected chi connectivity index (χ3v) is 2.27. The van der Waals surface area contributed by atoms with Gasteiger partial charge in [-0.2, -0.15) is 0 Å². The predicted octanol–water partition coefficient (Wildman–Crippen LogP) is 1.72. The van der Waals surface area contributed by atoms with Crippen LogP contribution in [0.3, 0.4) is 0 Å². The number of quaternary nitrogens is 1. The van der Waals surface area contributed by atoms with Gasteiger partial charge in [-0.3, -0.25) is 4.48 Å². The van der Waals surface area contributed by atoms with Crippen molar-refractivity contribution >= 4 is 17.4 Å². The lowest BCUT2D eigenvalue weighted by atomic mass is 10.4. The Morgan fingerprint density at radius 1 is 1.33 bits per heavy atom. The molecule has 0 aliphatic rings. The predicted molar refractivity (Wildman–Crippen MR) is 51.2 cm³/mol. The van der Waals surface area contributed by atoms with E-state index in [2.05, 4.69) is 31.0 Å². The molecule has 0 spiro atoms. The first-order valence-corrected chi connectivity index (χ1v) is 4.26. The van der Waals surface area contributed by atoms with Gasteiger partial charge in [0, 0.05) is 6.20 Å². The number of halogens is 1. The summed E-state index contributed by atoms with van der Waals surface area (Å²) >= 11 is 5.90. The number of hydrogen-bond donors (Lipinski definition) is 0. The van der Waals surface area contributed by atoms with Gasteiger partial charge in [-0.25, -0.2) is 9.97 Å². The largest absolute Gasteiger partial charge is 0.277 e. The number of aromatic nitrogens is 2. The minimum atomic E-state index is 0.490. The fourth-order valence-electron chi connectivity index (χ4n) is 0.870. The summed E-state index contributed by atoms with van der Waals surface area (Å²) in [6.45, 7) is 3.03. The Hall–Kier alpha value is -0.670. The van der Waals surface area contributed by atoms with Crippen molar-refractivity contribution in [2.24, 2.45) is 0 Å². The zero-order valence-electron chi connectivity index (χ0n) is 7.58. The molecule has 1 rings (SSSR count). The molecule has 1 aromatic rings. The van der Waals surface area contributed by atoms with Crippen LogP contribution < -0.4 is 4.48 Å². The van der Waals surface area contributed by atoms with Gasteiger partial charge in [-0.15, -0.1) is 0 Å². The first-order valence-electron chi connectivity index (χ1n) is 3.88. The highest BCUT2D eigenvalue weighted by molar-refractivity contribution is 6.31. The highest BCUT2D eigenvalue weighted by Crippen LogP contribution is 2.22. The van der Waals surface area contributed by atoms with Crippen molar-refractivity contribution in [3.05, 3.63) is 17.5 Å². The van der Waals surface area contributed by atoms with E-state index in [-0.39, 0.29) is 0 Å². The highest BCUT2D eigenvalue weighted by atomic mass is 35.5. The lowest BCUT2D eigenvalue weighted by molar-refractivity contribution is 0.409. The van der Waals surface area contributed by atoms with Crippen LogP contribution in [0.4, 0.5) is 5.82 Å². The molecule has 0 saturated heterocycles. The zero-order valence-corrected chi connectivity index (χ0v) is 8.34. The van der Waals surface area contributed by atoms with E-state index in [1.165, 1.54) is 0 Å². The summed E-state index contributed by atoms with van der Waals surface area (Å²) < 4.78 is 0.659. The second-order valence-electron chi connectivity index (χ2n) is 3.17. The Kier molecular flexibility index (Phi) is 2.65. The van der Waals surface area contributed by atoms with Crippen LogP contribution in [0.2, 0.25) is 5.15 Å². The van der Waals surface area contributed by atoms with Crippen molar-refractivity contribution in [1.82, 2.24) is 14.5 Å². The molecule has 0 fully saturated rings. The summed E-state index contributed by atoms with van der Waals surface area (Å²) in [5.41, 5.74) is 0. The summed E-state index contributed by atoms with van der Waals surface area (Å²) in [6.07, 6.45) is 3.26. The van der Waals surface area contributed by atoms with Gasteiger partial charge in [0.05, 0.1) is 26.8 Å². The fraction of sp³-hybridized carbons (Fsp3) is 0.500. The van der Waals surface area contributed by atoms with E-state index in [4.69, 9.17) is 11.6 Å². The molecule has 0 aromatic carbocycles. The van der Waals surface area contributed by atoms with Gasteiger partial charge < -0.3 is 0 Å². The summed E-state index contributed by atoms with van der Waals surface area (Å²) in [6, 6.07) is 0. The Morgan fingerprint density at radius 3 is 2.42 bits per heavy atom. The first-order chi connectivity index (χ1) is 5.58. The number of hydrogen-bond acceptors (Lipinski definition) is 2. The monoisotopic (exact) mass is 186 g/mol. The van der Waals surface area contributed by atoms with Crippen LogP contribution >= 0.6 is 11.6 Å². The summed E-state index contributed by atoms with van der Waals surface area (Å²) in [4.78, 5) is 8.18. The zero-order chi connectivity index (χ0) is 9.19. The maximum absolute atomic E-state index is 5.90. The molecule has 66 valence electrons. The van der Waals surface area contributed by atoms with E-state index in [0.717, 1.165) is 12.4 Å². The molecule has 0 aliphatic carbocycles. The van der Waals surface area contributed by atoms with Crippen molar-refractivity contribution in [1.29, 1.82) is 0 Å².